The Hall–Kier alpha value is -2.40. The molecule has 3 rings (SSSR count). The number of carbonyl (C=O) groups is 1. The number of carboxylic acids is 1. The van der Waals surface area contributed by atoms with E-state index in [4.69, 9.17) is 16.7 Å². The first-order chi connectivity index (χ1) is 9.16. The van der Waals surface area contributed by atoms with Gasteiger partial charge in [0.15, 0.2) is 11.3 Å². The second-order valence-electron chi connectivity index (χ2n) is 3.93. The van der Waals surface area contributed by atoms with Crippen molar-refractivity contribution in [1.29, 1.82) is 0 Å². The van der Waals surface area contributed by atoms with Crippen LogP contribution in [0, 0.1) is 0 Å². The summed E-state index contributed by atoms with van der Waals surface area (Å²) in [7, 11) is 0. The predicted molar refractivity (Wildman–Crippen MR) is 70.4 cm³/mol. The molecule has 0 amide bonds. The van der Waals surface area contributed by atoms with Gasteiger partial charge >= 0.3 is 5.97 Å². The number of benzene rings is 1. The second-order valence-corrected chi connectivity index (χ2v) is 4.37. The summed E-state index contributed by atoms with van der Waals surface area (Å²) in [5.74, 6) is -1.10. The Morgan fingerprint density at radius 1 is 1.26 bits per heavy atom. The van der Waals surface area contributed by atoms with Crippen molar-refractivity contribution in [2.75, 3.05) is 0 Å². The van der Waals surface area contributed by atoms with Gasteiger partial charge in [-0.25, -0.2) is 14.8 Å². The third kappa shape index (κ3) is 1.94. The van der Waals surface area contributed by atoms with Gasteiger partial charge in [-0.15, -0.1) is 0 Å². The van der Waals surface area contributed by atoms with E-state index in [9.17, 15) is 4.79 Å². The number of carboxylic acid groups (broad SMARTS) is 1. The third-order valence-electron chi connectivity index (χ3n) is 2.75. The fraction of sp³-hybridized carbons (Fsp3) is 0. The van der Waals surface area contributed by atoms with Crippen molar-refractivity contribution < 1.29 is 9.90 Å². The zero-order chi connectivity index (χ0) is 13.4. The molecule has 0 aliphatic rings. The predicted octanol–water partition coefficient (Wildman–Crippen LogP) is 2.75. The van der Waals surface area contributed by atoms with Gasteiger partial charge in [0.25, 0.3) is 0 Å². The van der Waals surface area contributed by atoms with Gasteiger partial charge < -0.3 is 5.11 Å². The van der Waals surface area contributed by atoms with E-state index in [1.165, 1.54) is 6.33 Å². The van der Waals surface area contributed by atoms with Gasteiger partial charge in [0.1, 0.15) is 6.33 Å². The Bertz CT molecular complexity index is 782. The Balaban J connectivity index is 2.28. The van der Waals surface area contributed by atoms with Crippen LogP contribution in [-0.2, 0) is 0 Å². The number of aromatic nitrogens is 3. The maximum Gasteiger partial charge on any atom is 0.358 e. The molecule has 0 aliphatic carbocycles. The van der Waals surface area contributed by atoms with E-state index in [0.717, 1.165) is 11.3 Å². The number of hydrogen-bond donors (Lipinski definition) is 1. The summed E-state index contributed by atoms with van der Waals surface area (Å²) in [4.78, 5) is 19.0. The molecule has 5 nitrogen and oxygen atoms in total. The lowest BCUT2D eigenvalue weighted by atomic mass is 10.1. The summed E-state index contributed by atoms with van der Waals surface area (Å²) < 4.78 is 1.63. The van der Waals surface area contributed by atoms with Crippen LogP contribution >= 0.6 is 11.6 Å². The maximum atomic E-state index is 11.0. The average Bonchev–Trinajstić information content (AvgIpc) is 2.82. The molecule has 2 heterocycles. The highest BCUT2D eigenvalue weighted by molar-refractivity contribution is 6.30. The van der Waals surface area contributed by atoms with Crippen LogP contribution in [0.15, 0.2) is 42.9 Å². The Kier molecular flexibility index (Phi) is 2.68. The molecule has 6 heteroatoms. The topological polar surface area (TPSA) is 67.5 Å². The monoisotopic (exact) mass is 273 g/mol. The van der Waals surface area contributed by atoms with Crippen LogP contribution in [0.25, 0.3) is 16.9 Å². The molecule has 19 heavy (non-hydrogen) atoms. The Labute approximate surface area is 113 Å². The van der Waals surface area contributed by atoms with Gasteiger partial charge in [-0.3, -0.25) is 4.40 Å². The summed E-state index contributed by atoms with van der Waals surface area (Å²) >= 11 is 5.97. The first kappa shape index (κ1) is 11.7. The average molecular weight is 274 g/mol. The minimum absolute atomic E-state index is 0.0659. The van der Waals surface area contributed by atoms with Crippen molar-refractivity contribution in [2.45, 2.75) is 0 Å². The lowest BCUT2D eigenvalue weighted by Gasteiger charge is -2.05. The van der Waals surface area contributed by atoms with Crippen molar-refractivity contribution in [3.8, 4) is 11.3 Å². The molecular weight excluding hydrogens is 266 g/mol. The van der Waals surface area contributed by atoms with E-state index in [-0.39, 0.29) is 5.69 Å². The summed E-state index contributed by atoms with van der Waals surface area (Å²) in [5.41, 5.74) is 1.90. The highest BCUT2D eigenvalue weighted by Crippen LogP contribution is 2.23. The van der Waals surface area contributed by atoms with Crippen LogP contribution in [0.2, 0.25) is 5.02 Å². The van der Waals surface area contributed by atoms with E-state index in [1.807, 2.05) is 12.1 Å². The largest absolute Gasteiger partial charge is 0.476 e. The quantitative estimate of drug-likeness (QED) is 0.779. The number of nitrogens with zero attached hydrogens (tertiary/aromatic N) is 3. The number of aromatic carboxylic acids is 1. The molecule has 94 valence electrons. The van der Waals surface area contributed by atoms with E-state index < -0.39 is 5.97 Å². The summed E-state index contributed by atoms with van der Waals surface area (Å²) in [6.07, 6.45) is 3.00. The van der Waals surface area contributed by atoms with Crippen LogP contribution in [0.1, 0.15) is 10.5 Å². The smallest absolute Gasteiger partial charge is 0.358 e. The van der Waals surface area contributed by atoms with Crippen LogP contribution in [-0.4, -0.2) is 25.4 Å². The fourth-order valence-corrected chi connectivity index (χ4v) is 2.12. The zero-order valence-corrected chi connectivity index (χ0v) is 10.4. The summed E-state index contributed by atoms with van der Waals surface area (Å²) in [6.45, 7) is 0. The number of rotatable bonds is 2. The molecule has 0 spiro atoms. The third-order valence-corrected chi connectivity index (χ3v) is 2.99. The summed E-state index contributed by atoms with van der Waals surface area (Å²) in [5, 5.41) is 9.65. The van der Waals surface area contributed by atoms with E-state index in [2.05, 4.69) is 9.97 Å². The van der Waals surface area contributed by atoms with Gasteiger partial charge in [0.2, 0.25) is 0 Å². The van der Waals surface area contributed by atoms with E-state index in [0.29, 0.717) is 10.7 Å². The van der Waals surface area contributed by atoms with Crippen LogP contribution in [0.4, 0.5) is 0 Å². The van der Waals surface area contributed by atoms with Crippen LogP contribution in [0.5, 0.6) is 0 Å². The summed E-state index contributed by atoms with van der Waals surface area (Å²) in [6, 6.07) is 9.09. The molecule has 0 atom stereocenters. The standard InChI is InChI=1S/C13H8ClN3O2/c14-9-3-1-2-8(6-9)10-4-5-15-12-11(13(18)19)16-7-17(10)12/h1-7H,(H,18,19). The minimum atomic E-state index is -1.10. The Morgan fingerprint density at radius 2 is 2.11 bits per heavy atom. The second kappa shape index (κ2) is 4.37. The normalized spacial score (nSPS) is 10.8. The van der Waals surface area contributed by atoms with E-state index >= 15 is 0 Å². The molecule has 1 aromatic carbocycles. The van der Waals surface area contributed by atoms with Crippen molar-refractivity contribution in [1.82, 2.24) is 14.4 Å². The number of fused-ring (bicyclic) bond motifs is 1. The molecule has 0 fully saturated rings. The lowest BCUT2D eigenvalue weighted by Crippen LogP contribution is -1.99. The van der Waals surface area contributed by atoms with Gasteiger partial charge in [0, 0.05) is 16.8 Å². The van der Waals surface area contributed by atoms with Gasteiger partial charge in [-0.05, 0) is 18.2 Å². The van der Waals surface area contributed by atoms with Crippen LogP contribution < -0.4 is 0 Å². The van der Waals surface area contributed by atoms with Crippen molar-refractivity contribution in [2.24, 2.45) is 0 Å². The molecule has 3 aromatic rings. The highest BCUT2D eigenvalue weighted by Gasteiger charge is 2.15. The molecular formula is C13H8ClN3O2. The molecule has 0 saturated heterocycles. The van der Waals surface area contributed by atoms with Crippen molar-refractivity contribution in [3.63, 3.8) is 0 Å². The first-order valence-electron chi connectivity index (χ1n) is 5.48. The molecule has 0 bridgehead atoms. The molecule has 0 radical (unpaired) electrons. The number of hydrogen-bond acceptors (Lipinski definition) is 3. The van der Waals surface area contributed by atoms with E-state index in [1.54, 1.807) is 28.8 Å². The molecule has 0 saturated carbocycles. The van der Waals surface area contributed by atoms with Gasteiger partial charge in [-0.1, -0.05) is 23.7 Å². The molecule has 2 aromatic heterocycles. The SMILES string of the molecule is O=C(O)c1ncn2c(-c3cccc(Cl)c3)ccnc12. The lowest BCUT2D eigenvalue weighted by molar-refractivity contribution is 0.0693. The molecule has 0 unspecified atom stereocenters. The zero-order valence-electron chi connectivity index (χ0n) is 9.62. The number of imidazole rings is 1. The minimum Gasteiger partial charge on any atom is -0.476 e. The first-order valence-corrected chi connectivity index (χ1v) is 5.86. The van der Waals surface area contributed by atoms with Crippen molar-refractivity contribution >= 4 is 23.2 Å². The molecule has 1 N–H and O–H groups in total. The van der Waals surface area contributed by atoms with Crippen LogP contribution in [0.3, 0.4) is 0 Å². The fourth-order valence-electron chi connectivity index (χ4n) is 1.93. The highest BCUT2D eigenvalue weighted by atomic mass is 35.5. The maximum absolute atomic E-state index is 11.0. The Morgan fingerprint density at radius 3 is 2.84 bits per heavy atom. The number of halogens is 1. The van der Waals surface area contributed by atoms with Crippen molar-refractivity contribution in [3.05, 3.63) is 53.6 Å². The van der Waals surface area contributed by atoms with Gasteiger partial charge in [-0.2, -0.15) is 0 Å². The van der Waals surface area contributed by atoms with Gasteiger partial charge in [0.05, 0.1) is 5.69 Å². The molecule has 0 aliphatic heterocycles.